The fourth-order valence-electron chi connectivity index (χ4n) is 2.30. The molecule has 16 heavy (non-hydrogen) atoms. The van der Waals surface area contributed by atoms with Gasteiger partial charge in [-0.15, -0.1) is 0 Å². The van der Waals surface area contributed by atoms with Crippen molar-refractivity contribution in [3.8, 4) is 0 Å². The molecule has 0 saturated heterocycles. The highest BCUT2D eigenvalue weighted by molar-refractivity contribution is 5.82. The largest absolute Gasteiger partial charge is 0.0654 e. The second-order valence-electron chi connectivity index (χ2n) is 4.39. The normalized spacial score (nSPS) is 12.9. The molecule has 0 saturated carbocycles. The van der Waals surface area contributed by atoms with Gasteiger partial charge in [0.15, 0.2) is 0 Å². The molecule has 2 aromatic rings. The van der Waals surface area contributed by atoms with Crippen molar-refractivity contribution in [2.45, 2.75) is 39.0 Å². The first-order valence-electron chi connectivity index (χ1n) is 6.26. The maximum atomic E-state index is 3.56. The Labute approximate surface area is 98.3 Å². The first-order chi connectivity index (χ1) is 7.85. The molecule has 0 nitrogen and oxygen atoms in total. The zero-order valence-corrected chi connectivity index (χ0v) is 10.2. The molecule has 2 rings (SSSR count). The average Bonchev–Trinajstić information content (AvgIpc) is 2.35. The summed E-state index contributed by atoms with van der Waals surface area (Å²) in [5, 5.41) is 2.53. The summed E-state index contributed by atoms with van der Waals surface area (Å²) in [6.07, 6.45) is 3.73. The number of fused-ring (bicyclic) bond motifs is 1. The van der Waals surface area contributed by atoms with Gasteiger partial charge in [-0.25, -0.2) is 0 Å². The van der Waals surface area contributed by atoms with Gasteiger partial charge in [0.1, 0.15) is 0 Å². The van der Waals surface area contributed by atoms with E-state index in [2.05, 4.69) is 56.3 Å². The van der Waals surface area contributed by atoms with Gasteiger partial charge in [0.25, 0.3) is 0 Å². The van der Waals surface area contributed by atoms with Gasteiger partial charge >= 0.3 is 0 Å². The van der Waals surface area contributed by atoms with Crippen molar-refractivity contribution in [1.29, 1.82) is 0 Å². The van der Waals surface area contributed by atoms with Crippen LogP contribution in [-0.2, 0) is 0 Å². The minimum Gasteiger partial charge on any atom is -0.0654 e. The van der Waals surface area contributed by atoms with Crippen molar-refractivity contribution < 1.29 is 0 Å². The van der Waals surface area contributed by atoms with Crippen molar-refractivity contribution in [3.63, 3.8) is 0 Å². The Kier molecular flexibility index (Phi) is 3.61. The summed E-state index contributed by atoms with van der Waals surface area (Å²) in [4.78, 5) is 0. The molecule has 0 aliphatic rings. The molecule has 0 fully saturated rings. The Morgan fingerprint density at radius 3 is 2.62 bits per heavy atom. The van der Waals surface area contributed by atoms with Gasteiger partial charge in [0, 0.05) is 0 Å². The van der Waals surface area contributed by atoms with Gasteiger partial charge in [-0.2, -0.15) is 0 Å². The fraction of sp³-hybridized carbons (Fsp3) is 0.375. The quantitative estimate of drug-likeness (QED) is 0.672. The second-order valence-corrected chi connectivity index (χ2v) is 4.39. The van der Waals surface area contributed by atoms with Gasteiger partial charge in [0.05, 0.1) is 0 Å². The lowest BCUT2D eigenvalue weighted by Crippen LogP contribution is -1.96. The maximum absolute atomic E-state index is 3.56. The van der Waals surface area contributed by atoms with Gasteiger partial charge in [0.2, 0.25) is 0 Å². The number of hydrogen-bond donors (Lipinski definition) is 0. The molecule has 0 N–H and O–H groups in total. The van der Waals surface area contributed by atoms with Crippen LogP contribution in [0.5, 0.6) is 0 Å². The third-order valence-corrected chi connectivity index (χ3v) is 3.25. The summed E-state index contributed by atoms with van der Waals surface area (Å²) in [6, 6.07) is 16.5. The van der Waals surface area contributed by atoms with E-state index in [-0.39, 0.29) is 0 Å². The van der Waals surface area contributed by atoms with Crippen LogP contribution in [0, 0.1) is 6.07 Å². The highest BCUT2D eigenvalue weighted by Crippen LogP contribution is 2.26. The lowest BCUT2D eigenvalue weighted by molar-refractivity contribution is 0.596. The summed E-state index contributed by atoms with van der Waals surface area (Å²) in [5.41, 5.74) is 1.38. The van der Waals surface area contributed by atoms with E-state index < -0.39 is 0 Å². The second kappa shape index (κ2) is 5.16. The van der Waals surface area contributed by atoms with Gasteiger partial charge in [-0.05, 0) is 41.2 Å². The van der Waals surface area contributed by atoms with Crippen LogP contribution in [0.1, 0.15) is 44.6 Å². The van der Waals surface area contributed by atoms with E-state index >= 15 is 0 Å². The summed E-state index contributed by atoms with van der Waals surface area (Å²) in [7, 11) is 0. The fourth-order valence-corrected chi connectivity index (χ4v) is 2.30. The van der Waals surface area contributed by atoms with Crippen LogP contribution in [0.25, 0.3) is 10.8 Å². The third-order valence-electron chi connectivity index (χ3n) is 3.25. The van der Waals surface area contributed by atoms with Crippen molar-refractivity contribution in [1.82, 2.24) is 0 Å². The van der Waals surface area contributed by atoms with Gasteiger partial charge < -0.3 is 0 Å². The Balaban J connectivity index is 2.37. The highest BCUT2D eigenvalue weighted by Gasteiger charge is 2.08. The van der Waals surface area contributed by atoms with E-state index in [4.69, 9.17) is 0 Å². The lowest BCUT2D eigenvalue weighted by Gasteiger charge is -2.14. The molecule has 0 aromatic heterocycles. The standard InChI is InChI=1S/C16H19/c1-3-7-13(4-2)16-11-10-14-8-5-6-9-15(14)12-16/h5-6,8-11,13H,3-4,7H2,1-2H3. The van der Waals surface area contributed by atoms with Crippen molar-refractivity contribution in [3.05, 3.63) is 48.0 Å². The Hall–Kier alpha value is -1.30. The number of benzene rings is 2. The molecule has 0 spiro atoms. The minimum absolute atomic E-state index is 0.676. The van der Waals surface area contributed by atoms with Crippen LogP contribution >= 0.6 is 0 Å². The van der Waals surface area contributed by atoms with Gasteiger partial charge in [-0.3, -0.25) is 0 Å². The molecule has 1 radical (unpaired) electrons. The molecule has 83 valence electrons. The Morgan fingerprint density at radius 2 is 1.88 bits per heavy atom. The molecule has 1 atom stereocenters. The number of hydrogen-bond acceptors (Lipinski definition) is 0. The molecule has 1 unspecified atom stereocenters. The predicted molar refractivity (Wildman–Crippen MR) is 70.7 cm³/mol. The molecular formula is C16H19. The summed E-state index contributed by atoms with van der Waals surface area (Å²) < 4.78 is 0. The van der Waals surface area contributed by atoms with Crippen LogP contribution in [-0.4, -0.2) is 0 Å². The lowest BCUT2D eigenvalue weighted by atomic mass is 9.91. The van der Waals surface area contributed by atoms with Crippen LogP contribution in [0.15, 0.2) is 36.4 Å². The van der Waals surface area contributed by atoms with Crippen LogP contribution in [0.4, 0.5) is 0 Å². The summed E-state index contributed by atoms with van der Waals surface area (Å²) in [6.45, 7) is 4.52. The maximum Gasteiger partial charge on any atom is -0.00614 e. The first-order valence-corrected chi connectivity index (χ1v) is 6.26. The van der Waals surface area contributed by atoms with E-state index in [1.165, 1.54) is 35.6 Å². The molecule has 2 aromatic carbocycles. The van der Waals surface area contributed by atoms with Crippen LogP contribution < -0.4 is 0 Å². The Bertz CT molecular complexity index is 456. The zero-order valence-electron chi connectivity index (χ0n) is 10.2. The van der Waals surface area contributed by atoms with Gasteiger partial charge in [-0.1, -0.05) is 56.7 Å². The highest BCUT2D eigenvalue weighted by atomic mass is 14.1. The van der Waals surface area contributed by atoms with E-state index in [1.807, 2.05) is 0 Å². The monoisotopic (exact) mass is 211 g/mol. The smallest absolute Gasteiger partial charge is 0.00614 e. The molecule has 0 heterocycles. The summed E-state index contributed by atoms with van der Waals surface area (Å²) in [5.74, 6) is 0.676. The van der Waals surface area contributed by atoms with Crippen molar-refractivity contribution >= 4 is 10.8 Å². The minimum atomic E-state index is 0.676. The molecule has 0 bridgehead atoms. The van der Waals surface area contributed by atoms with Crippen LogP contribution in [0.3, 0.4) is 0 Å². The van der Waals surface area contributed by atoms with E-state index in [9.17, 15) is 0 Å². The van der Waals surface area contributed by atoms with Crippen LogP contribution in [0.2, 0.25) is 0 Å². The van der Waals surface area contributed by atoms with E-state index in [0.717, 1.165) is 0 Å². The van der Waals surface area contributed by atoms with E-state index in [1.54, 1.807) is 0 Å². The molecule has 0 heteroatoms. The van der Waals surface area contributed by atoms with Crippen molar-refractivity contribution in [2.24, 2.45) is 0 Å². The third kappa shape index (κ3) is 2.27. The topological polar surface area (TPSA) is 0 Å². The number of rotatable bonds is 4. The Morgan fingerprint density at radius 1 is 1.06 bits per heavy atom. The van der Waals surface area contributed by atoms with Crippen molar-refractivity contribution in [2.75, 3.05) is 0 Å². The average molecular weight is 211 g/mol. The van der Waals surface area contributed by atoms with E-state index in [0.29, 0.717) is 5.92 Å². The summed E-state index contributed by atoms with van der Waals surface area (Å²) >= 11 is 0. The predicted octanol–water partition coefficient (Wildman–Crippen LogP) is 4.93. The molecule has 0 aliphatic carbocycles. The first kappa shape index (κ1) is 11.2. The molecule has 0 amide bonds. The zero-order chi connectivity index (χ0) is 11.4. The molecule has 0 aliphatic heterocycles. The SMILES string of the molecule is CCCC(CC)c1[c]c2ccccc2cc1. The molecular weight excluding hydrogens is 192 g/mol.